The molecule has 142 valence electrons. The quantitative estimate of drug-likeness (QED) is 0.818. The van der Waals surface area contributed by atoms with Crippen LogP contribution in [0, 0.1) is 0 Å². The van der Waals surface area contributed by atoms with E-state index in [4.69, 9.17) is 4.74 Å². The van der Waals surface area contributed by atoms with Crippen LogP contribution in [-0.4, -0.2) is 40.8 Å². The van der Waals surface area contributed by atoms with Gasteiger partial charge in [0.1, 0.15) is 17.9 Å². The minimum absolute atomic E-state index is 0.0905. The smallest absolute Gasteiger partial charge is 0.251 e. The minimum atomic E-state index is -2.58. The highest BCUT2D eigenvalue weighted by molar-refractivity contribution is 6.14. The normalized spacial score (nSPS) is 18.4. The van der Waals surface area contributed by atoms with Crippen LogP contribution in [-0.2, 0) is 6.54 Å². The lowest BCUT2D eigenvalue weighted by molar-refractivity contribution is -0.0221. The lowest BCUT2D eigenvalue weighted by Gasteiger charge is -2.32. The van der Waals surface area contributed by atoms with Crippen LogP contribution in [0.1, 0.15) is 43.5 Å². The Balaban J connectivity index is 1.59. The van der Waals surface area contributed by atoms with Crippen molar-refractivity contribution in [1.82, 2.24) is 9.97 Å². The van der Waals surface area contributed by atoms with Gasteiger partial charge in [0.25, 0.3) is 5.92 Å². The van der Waals surface area contributed by atoms with Gasteiger partial charge in [0.05, 0.1) is 24.1 Å². The number of halogens is 2. The number of rotatable bonds is 4. The molecule has 0 saturated carbocycles. The van der Waals surface area contributed by atoms with Crippen LogP contribution in [0.3, 0.4) is 0 Å². The van der Waals surface area contributed by atoms with Crippen molar-refractivity contribution in [3.05, 3.63) is 47.4 Å². The molecule has 27 heavy (non-hydrogen) atoms. The largest absolute Gasteiger partial charge is 0.491 e. The molecule has 2 aliphatic rings. The van der Waals surface area contributed by atoms with E-state index in [1.54, 1.807) is 0 Å². The van der Waals surface area contributed by atoms with Crippen LogP contribution in [0.4, 0.5) is 14.6 Å². The molecule has 1 aromatic carbocycles. The van der Waals surface area contributed by atoms with Crippen molar-refractivity contribution in [2.24, 2.45) is 4.99 Å². The standard InChI is InChI=1S/C20H22F2N4O/c1-13(2)27-15-4-3-14-11-23-19(16(14)9-15)17-10-18(25-12-24-17)26-7-5-20(21,22)6-8-26/h3-4,9-10,12-13H,5-8,11H2,1-2H3. The number of hydrogen-bond donors (Lipinski definition) is 0. The van der Waals surface area contributed by atoms with E-state index >= 15 is 0 Å². The van der Waals surface area contributed by atoms with Crippen LogP contribution in [0.15, 0.2) is 35.6 Å². The van der Waals surface area contributed by atoms with Gasteiger partial charge in [-0.15, -0.1) is 0 Å². The molecule has 0 bridgehead atoms. The summed E-state index contributed by atoms with van der Waals surface area (Å²) in [5.41, 5.74) is 3.63. The molecule has 3 heterocycles. The van der Waals surface area contributed by atoms with Gasteiger partial charge in [0, 0.05) is 37.6 Å². The van der Waals surface area contributed by atoms with Crippen LogP contribution >= 0.6 is 0 Å². The zero-order valence-electron chi connectivity index (χ0n) is 15.5. The summed E-state index contributed by atoms with van der Waals surface area (Å²) in [6, 6.07) is 7.81. The highest BCUT2D eigenvalue weighted by atomic mass is 19.3. The number of fused-ring (bicyclic) bond motifs is 1. The molecule has 7 heteroatoms. The first-order valence-corrected chi connectivity index (χ1v) is 9.21. The maximum absolute atomic E-state index is 13.4. The van der Waals surface area contributed by atoms with Crippen LogP contribution < -0.4 is 9.64 Å². The average molecular weight is 372 g/mol. The van der Waals surface area contributed by atoms with Gasteiger partial charge in [-0.2, -0.15) is 0 Å². The minimum Gasteiger partial charge on any atom is -0.491 e. The van der Waals surface area contributed by atoms with Crippen molar-refractivity contribution in [3.8, 4) is 5.75 Å². The van der Waals surface area contributed by atoms with E-state index in [1.165, 1.54) is 6.33 Å². The van der Waals surface area contributed by atoms with Gasteiger partial charge >= 0.3 is 0 Å². The Morgan fingerprint density at radius 2 is 1.89 bits per heavy atom. The number of aliphatic imine (C=N–C) groups is 1. The maximum atomic E-state index is 13.4. The monoisotopic (exact) mass is 372 g/mol. The summed E-state index contributed by atoms with van der Waals surface area (Å²) < 4.78 is 32.6. The molecule has 0 N–H and O–H groups in total. The number of ether oxygens (including phenoxy) is 1. The lowest BCUT2D eigenvalue weighted by Crippen LogP contribution is -2.39. The highest BCUT2D eigenvalue weighted by Gasteiger charge is 2.34. The fourth-order valence-corrected chi connectivity index (χ4v) is 3.44. The molecule has 1 aromatic heterocycles. The summed E-state index contributed by atoms with van der Waals surface area (Å²) in [4.78, 5) is 15.2. The van der Waals surface area contributed by atoms with Crippen LogP contribution in [0.5, 0.6) is 5.75 Å². The first kappa shape index (κ1) is 17.8. The fraction of sp³-hybridized carbons (Fsp3) is 0.450. The molecule has 0 spiro atoms. The van der Waals surface area contributed by atoms with Crippen molar-refractivity contribution in [3.63, 3.8) is 0 Å². The Hall–Kier alpha value is -2.57. The summed E-state index contributed by atoms with van der Waals surface area (Å²) in [6.07, 6.45) is 1.28. The summed E-state index contributed by atoms with van der Waals surface area (Å²) in [5.74, 6) is -1.11. The van der Waals surface area contributed by atoms with Crippen molar-refractivity contribution >= 4 is 11.5 Å². The van der Waals surface area contributed by atoms with E-state index in [1.807, 2.05) is 43.0 Å². The van der Waals surface area contributed by atoms with Gasteiger partial charge in [0.2, 0.25) is 0 Å². The highest BCUT2D eigenvalue weighted by Crippen LogP contribution is 2.31. The van der Waals surface area contributed by atoms with Gasteiger partial charge in [-0.3, -0.25) is 4.99 Å². The van der Waals surface area contributed by atoms with Crippen LogP contribution in [0.2, 0.25) is 0 Å². The molecular weight excluding hydrogens is 350 g/mol. The number of hydrogen-bond acceptors (Lipinski definition) is 5. The Labute approximate surface area is 157 Å². The molecule has 1 fully saturated rings. The number of nitrogens with zero attached hydrogens (tertiary/aromatic N) is 4. The third-order valence-electron chi connectivity index (χ3n) is 4.83. The van der Waals surface area contributed by atoms with E-state index in [-0.39, 0.29) is 18.9 Å². The van der Waals surface area contributed by atoms with Gasteiger partial charge in [-0.25, -0.2) is 18.7 Å². The third kappa shape index (κ3) is 3.77. The summed E-state index contributed by atoms with van der Waals surface area (Å²) in [5, 5.41) is 0. The molecule has 0 aliphatic carbocycles. The Morgan fingerprint density at radius 1 is 1.11 bits per heavy atom. The van der Waals surface area contributed by atoms with Crippen molar-refractivity contribution < 1.29 is 13.5 Å². The average Bonchev–Trinajstić information content (AvgIpc) is 3.04. The molecule has 5 nitrogen and oxygen atoms in total. The molecule has 4 rings (SSSR count). The summed E-state index contributed by atoms with van der Waals surface area (Å²) in [6.45, 7) is 5.15. The SMILES string of the molecule is CC(C)Oc1ccc2c(c1)C(c1cc(N3CCC(F)(F)CC3)ncn1)=NC2. The van der Waals surface area contributed by atoms with E-state index in [2.05, 4.69) is 15.0 Å². The molecule has 2 aliphatic heterocycles. The van der Waals surface area contributed by atoms with Gasteiger partial charge < -0.3 is 9.64 Å². The topological polar surface area (TPSA) is 50.6 Å². The van der Waals surface area contributed by atoms with E-state index in [0.717, 1.165) is 22.6 Å². The van der Waals surface area contributed by atoms with Crippen molar-refractivity contribution in [2.75, 3.05) is 18.0 Å². The second kappa shape index (κ2) is 6.87. The van der Waals surface area contributed by atoms with Crippen molar-refractivity contribution in [2.45, 2.75) is 45.3 Å². The number of anilines is 1. The fourth-order valence-electron chi connectivity index (χ4n) is 3.44. The van der Waals surface area contributed by atoms with E-state index in [0.29, 0.717) is 31.1 Å². The van der Waals surface area contributed by atoms with Gasteiger partial charge in [-0.05, 0) is 31.5 Å². The molecule has 2 aromatic rings. The Bertz CT molecular complexity index is 872. The Kier molecular flexibility index (Phi) is 4.53. The molecule has 0 radical (unpaired) electrons. The van der Waals surface area contributed by atoms with Crippen LogP contribution in [0.25, 0.3) is 0 Å². The zero-order chi connectivity index (χ0) is 19.0. The molecule has 0 amide bonds. The predicted molar refractivity (Wildman–Crippen MR) is 100.0 cm³/mol. The third-order valence-corrected chi connectivity index (χ3v) is 4.83. The zero-order valence-corrected chi connectivity index (χ0v) is 15.5. The molecule has 1 saturated heterocycles. The lowest BCUT2D eigenvalue weighted by atomic mass is 10.0. The van der Waals surface area contributed by atoms with Crippen molar-refractivity contribution in [1.29, 1.82) is 0 Å². The first-order valence-electron chi connectivity index (χ1n) is 9.21. The number of aromatic nitrogens is 2. The molecule has 0 unspecified atom stereocenters. The summed E-state index contributed by atoms with van der Waals surface area (Å²) >= 11 is 0. The van der Waals surface area contributed by atoms with E-state index in [9.17, 15) is 8.78 Å². The number of alkyl halides is 2. The second-order valence-electron chi connectivity index (χ2n) is 7.25. The summed E-state index contributed by atoms with van der Waals surface area (Å²) in [7, 11) is 0. The molecular formula is C20H22F2N4O. The number of benzene rings is 1. The van der Waals surface area contributed by atoms with E-state index < -0.39 is 5.92 Å². The maximum Gasteiger partial charge on any atom is 0.251 e. The van der Waals surface area contributed by atoms with Gasteiger partial charge in [-0.1, -0.05) is 6.07 Å². The molecule has 0 atom stereocenters. The number of piperidine rings is 1. The first-order chi connectivity index (χ1) is 12.9. The predicted octanol–water partition coefficient (Wildman–Crippen LogP) is 3.85. The van der Waals surface area contributed by atoms with Gasteiger partial charge in [0.15, 0.2) is 0 Å². The second-order valence-corrected chi connectivity index (χ2v) is 7.25. The Morgan fingerprint density at radius 3 is 2.63 bits per heavy atom.